The molecule has 1 N–H and O–H groups in total. The average Bonchev–Trinajstić information content (AvgIpc) is 3.32. The molecule has 0 saturated carbocycles. The summed E-state index contributed by atoms with van der Waals surface area (Å²) < 4.78 is 12.8. The minimum absolute atomic E-state index is 0.344. The third kappa shape index (κ3) is 3.38. The number of aromatic nitrogens is 3. The van der Waals surface area contributed by atoms with Crippen LogP contribution < -0.4 is 14.8 Å². The number of anilines is 1. The van der Waals surface area contributed by atoms with Crippen molar-refractivity contribution in [3.63, 3.8) is 0 Å². The van der Waals surface area contributed by atoms with Crippen molar-refractivity contribution in [3.05, 3.63) is 71.0 Å². The average molecular weight is 415 g/mol. The molecule has 0 bridgehead atoms. The third-order valence-corrected chi connectivity index (χ3v) is 5.97. The van der Waals surface area contributed by atoms with Gasteiger partial charge in [-0.05, 0) is 55.5 Å². The molecule has 0 unspecified atom stereocenters. The van der Waals surface area contributed by atoms with Crippen molar-refractivity contribution in [2.45, 2.75) is 32.7 Å². The van der Waals surface area contributed by atoms with Gasteiger partial charge in [0.05, 0.1) is 19.9 Å². The van der Waals surface area contributed by atoms with Crippen molar-refractivity contribution in [2.24, 2.45) is 0 Å². The number of hydrogen-bond acceptors (Lipinski definition) is 5. The molecule has 1 aliphatic rings. The fourth-order valence-corrected chi connectivity index (χ4v) is 4.55. The van der Waals surface area contributed by atoms with Crippen molar-refractivity contribution in [2.75, 3.05) is 19.5 Å². The van der Waals surface area contributed by atoms with E-state index in [2.05, 4.69) is 35.6 Å². The second-order valence-corrected chi connectivity index (χ2v) is 8.07. The fraction of sp³-hybridized carbons (Fsp3) is 0.280. The Bertz CT molecular complexity index is 1250. The van der Waals surface area contributed by atoms with Gasteiger partial charge in [0.25, 0.3) is 0 Å². The summed E-state index contributed by atoms with van der Waals surface area (Å²) in [5, 5.41) is 8.56. The number of aryl methyl sites for hydroxylation is 2. The van der Waals surface area contributed by atoms with Gasteiger partial charge in [-0.2, -0.15) is 9.61 Å². The summed E-state index contributed by atoms with van der Waals surface area (Å²) >= 11 is 0. The Morgan fingerprint density at radius 2 is 1.65 bits per heavy atom. The van der Waals surface area contributed by atoms with Gasteiger partial charge in [-0.15, -0.1) is 0 Å². The lowest BCUT2D eigenvalue weighted by molar-refractivity contribution is 0.355. The summed E-state index contributed by atoms with van der Waals surface area (Å²) in [6.07, 6.45) is 2.03. The highest BCUT2D eigenvalue weighted by Crippen LogP contribution is 2.36. The Hall–Kier alpha value is -3.54. The van der Waals surface area contributed by atoms with Crippen LogP contribution in [0, 0.1) is 13.8 Å². The largest absolute Gasteiger partial charge is 0.493 e. The van der Waals surface area contributed by atoms with E-state index in [-0.39, 0.29) is 0 Å². The monoisotopic (exact) mass is 414 g/mol. The van der Waals surface area contributed by atoms with E-state index in [0.29, 0.717) is 17.5 Å². The maximum atomic E-state index is 5.51. The summed E-state index contributed by atoms with van der Waals surface area (Å²) in [6.45, 7) is 4.04. The molecule has 5 rings (SSSR count). The van der Waals surface area contributed by atoms with E-state index in [1.165, 1.54) is 11.1 Å². The fourth-order valence-electron chi connectivity index (χ4n) is 4.55. The summed E-state index contributed by atoms with van der Waals surface area (Å²) in [5.74, 6) is 2.36. The maximum Gasteiger partial charge on any atom is 0.165 e. The molecule has 0 radical (unpaired) electrons. The normalized spacial score (nSPS) is 13.4. The van der Waals surface area contributed by atoms with E-state index in [1.807, 2.05) is 36.6 Å². The standard InChI is InChI=1S/C25H26N4O2/c1-15-11-23(27-20-12-17-7-5-6-8-18(17)13-20)29-25(26-15)24(16(2)28-29)19-9-10-21(30-3)22(14-19)31-4/h5-11,14,20,27H,12-13H2,1-4H3. The maximum absolute atomic E-state index is 5.51. The first-order valence-corrected chi connectivity index (χ1v) is 10.5. The molecule has 6 heteroatoms. The van der Waals surface area contributed by atoms with Gasteiger partial charge in [0.2, 0.25) is 0 Å². The molecule has 2 heterocycles. The molecular weight excluding hydrogens is 388 g/mol. The Balaban J connectivity index is 1.56. The molecule has 0 spiro atoms. The highest BCUT2D eigenvalue weighted by molar-refractivity contribution is 5.82. The van der Waals surface area contributed by atoms with Crippen LogP contribution in [0.2, 0.25) is 0 Å². The van der Waals surface area contributed by atoms with Crippen molar-refractivity contribution in [3.8, 4) is 22.6 Å². The van der Waals surface area contributed by atoms with Gasteiger partial charge in [0, 0.05) is 23.4 Å². The van der Waals surface area contributed by atoms with Crippen LogP contribution >= 0.6 is 0 Å². The van der Waals surface area contributed by atoms with E-state index in [4.69, 9.17) is 19.6 Å². The highest BCUT2D eigenvalue weighted by atomic mass is 16.5. The molecule has 6 nitrogen and oxygen atoms in total. The number of benzene rings is 2. The van der Waals surface area contributed by atoms with E-state index in [0.717, 1.165) is 46.8 Å². The molecular formula is C25H26N4O2. The minimum atomic E-state index is 0.344. The lowest BCUT2D eigenvalue weighted by Gasteiger charge is -2.15. The van der Waals surface area contributed by atoms with E-state index in [9.17, 15) is 0 Å². The molecule has 2 aromatic heterocycles. The van der Waals surface area contributed by atoms with Crippen LogP contribution in [0.4, 0.5) is 5.82 Å². The number of methoxy groups -OCH3 is 2. The first kappa shape index (κ1) is 19.4. The number of ether oxygens (including phenoxy) is 2. The van der Waals surface area contributed by atoms with Crippen LogP contribution in [0.1, 0.15) is 22.5 Å². The number of hydrogen-bond donors (Lipinski definition) is 1. The molecule has 31 heavy (non-hydrogen) atoms. The van der Waals surface area contributed by atoms with Crippen LogP contribution in [-0.4, -0.2) is 34.9 Å². The zero-order valence-electron chi connectivity index (χ0n) is 18.3. The topological polar surface area (TPSA) is 60.7 Å². The molecule has 2 aromatic carbocycles. The molecule has 0 saturated heterocycles. The number of nitrogens with one attached hydrogen (secondary N) is 1. The van der Waals surface area contributed by atoms with Crippen LogP contribution in [0.3, 0.4) is 0 Å². The number of rotatable bonds is 5. The van der Waals surface area contributed by atoms with E-state index >= 15 is 0 Å². The Kier molecular flexibility index (Phi) is 4.77. The Morgan fingerprint density at radius 1 is 0.935 bits per heavy atom. The van der Waals surface area contributed by atoms with Gasteiger partial charge in [0.15, 0.2) is 17.1 Å². The molecule has 0 fully saturated rings. The summed E-state index contributed by atoms with van der Waals surface area (Å²) in [4.78, 5) is 4.83. The van der Waals surface area contributed by atoms with Crippen LogP contribution in [0.15, 0.2) is 48.5 Å². The molecule has 0 aliphatic heterocycles. The molecule has 4 aromatic rings. The highest BCUT2D eigenvalue weighted by Gasteiger charge is 2.23. The van der Waals surface area contributed by atoms with Gasteiger partial charge in [-0.3, -0.25) is 0 Å². The van der Waals surface area contributed by atoms with Crippen molar-refractivity contribution >= 4 is 11.5 Å². The van der Waals surface area contributed by atoms with E-state index < -0.39 is 0 Å². The molecule has 1 aliphatic carbocycles. The van der Waals surface area contributed by atoms with Gasteiger partial charge in [0.1, 0.15) is 5.82 Å². The Morgan fingerprint density at radius 3 is 2.32 bits per heavy atom. The summed E-state index contributed by atoms with van der Waals surface area (Å²) in [5.41, 5.74) is 7.55. The summed E-state index contributed by atoms with van der Waals surface area (Å²) in [6, 6.07) is 17.0. The van der Waals surface area contributed by atoms with Crippen LogP contribution in [0.25, 0.3) is 16.8 Å². The quantitative estimate of drug-likeness (QED) is 0.517. The predicted molar refractivity (Wildman–Crippen MR) is 122 cm³/mol. The zero-order chi connectivity index (χ0) is 21.5. The second kappa shape index (κ2) is 7.61. The van der Waals surface area contributed by atoms with Gasteiger partial charge in [-0.1, -0.05) is 30.3 Å². The Labute approximate surface area is 181 Å². The van der Waals surface area contributed by atoms with Gasteiger partial charge >= 0.3 is 0 Å². The van der Waals surface area contributed by atoms with Crippen LogP contribution in [-0.2, 0) is 12.8 Å². The van der Waals surface area contributed by atoms with E-state index in [1.54, 1.807) is 14.2 Å². The lowest BCUT2D eigenvalue weighted by Crippen LogP contribution is -2.21. The van der Waals surface area contributed by atoms with Gasteiger partial charge in [-0.25, -0.2) is 4.98 Å². The predicted octanol–water partition coefficient (Wildman–Crippen LogP) is 4.61. The first-order chi connectivity index (χ1) is 15.1. The lowest BCUT2D eigenvalue weighted by atomic mass is 10.1. The number of nitrogens with zero attached hydrogens (tertiary/aromatic N) is 3. The van der Waals surface area contributed by atoms with Crippen molar-refractivity contribution in [1.82, 2.24) is 14.6 Å². The minimum Gasteiger partial charge on any atom is -0.493 e. The first-order valence-electron chi connectivity index (χ1n) is 10.5. The zero-order valence-corrected chi connectivity index (χ0v) is 18.3. The molecule has 0 amide bonds. The molecule has 0 atom stereocenters. The molecule has 158 valence electrons. The van der Waals surface area contributed by atoms with Crippen LogP contribution in [0.5, 0.6) is 11.5 Å². The van der Waals surface area contributed by atoms with Gasteiger partial charge < -0.3 is 14.8 Å². The third-order valence-electron chi connectivity index (χ3n) is 5.97. The van der Waals surface area contributed by atoms with Crippen molar-refractivity contribution < 1.29 is 9.47 Å². The SMILES string of the molecule is COc1ccc(-c2c(C)nn3c(NC4Cc5ccccc5C4)cc(C)nc23)cc1OC. The smallest absolute Gasteiger partial charge is 0.165 e. The second-order valence-electron chi connectivity index (χ2n) is 8.07. The number of fused-ring (bicyclic) bond motifs is 2. The summed E-state index contributed by atoms with van der Waals surface area (Å²) in [7, 11) is 3.29. The van der Waals surface area contributed by atoms with Crippen molar-refractivity contribution in [1.29, 1.82) is 0 Å².